The average molecular weight is 363 g/mol. The number of amides is 1. The predicted octanol–water partition coefficient (Wildman–Crippen LogP) is 0.831. The van der Waals surface area contributed by atoms with Crippen molar-refractivity contribution in [2.24, 2.45) is 5.92 Å². The molecule has 0 radical (unpaired) electrons. The summed E-state index contributed by atoms with van der Waals surface area (Å²) in [6.07, 6.45) is 4.24. The maximum absolute atomic E-state index is 12.5. The molecule has 0 bridgehead atoms. The van der Waals surface area contributed by atoms with Gasteiger partial charge in [0.1, 0.15) is 11.6 Å². The van der Waals surface area contributed by atoms with Crippen LogP contribution in [0.3, 0.4) is 0 Å². The summed E-state index contributed by atoms with van der Waals surface area (Å²) in [6, 6.07) is 0.257. The zero-order chi connectivity index (χ0) is 18.5. The fourth-order valence-corrected chi connectivity index (χ4v) is 3.58. The van der Waals surface area contributed by atoms with Gasteiger partial charge in [-0.25, -0.2) is 0 Å². The Morgan fingerprint density at radius 1 is 1.31 bits per heavy atom. The molecule has 8 heteroatoms. The largest absolute Gasteiger partial charge is 0.463 e. The second-order valence-electron chi connectivity index (χ2n) is 7.09. The van der Waals surface area contributed by atoms with Crippen LogP contribution in [0.1, 0.15) is 38.2 Å². The van der Waals surface area contributed by atoms with Crippen LogP contribution in [0.2, 0.25) is 0 Å². The highest BCUT2D eigenvalue weighted by Crippen LogP contribution is 2.33. The third kappa shape index (κ3) is 4.24. The number of hydrogen-bond donors (Lipinski definition) is 2. The quantitative estimate of drug-likeness (QED) is 0.659. The van der Waals surface area contributed by atoms with Crippen LogP contribution in [-0.4, -0.2) is 65.3 Å². The lowest BCUT2D eigenvalue weighted by Crippen LogP contribution is -2.40. The topological polar surface area (TPSA) is 105 Å². The number of aliphatic hydroxyl groups is 1. The number of hydrogen-bond acceptors (Lipinski definition) is 7. The van der Waals surface area contributed by atoms with Gasteiger partial charge < -0.3 is 20.5 Å². The number of nitrogens with two attached hydrogens (primary N) is 1. The summed E-state index contributed by atoms with van der Waals surface area (Å²) in [5.74, 6) is 1.42. The Morgan fingerprint density at radius 2 is 2.08 bits per heavy atom. The summed E-state index contributed by atoms with van der Waals surface area (Å²) in [5.41, 5.74) is 6.76. The number of anilines is 2. The Hall–Kier alpha value is -1.93. The maximum Gasteiger partial charge on any atom is 0.320 e. The Morgan fingerprint density at radius 3 is 2.77 bits per heavy atom. The summed E-state index contributed by atoms with van der Waals surface area (Å²) in [5, 5.41) is 9.06. The normalized spacial score (nSPS) is 18.4. The Bertz CT molecular complexity index is 631. The van der Waals surface area contributed by atoms with Gasteiger partial charge in [-0.3, -0.25) is 9.69 Å². The summed E-state index contributed by atoms with van der Waals surface area (Å²) in [7, 11) is 0. The average Bonchev–Trinajstić information content (AvgIpc) is 2.94. The van der Waals surface area contributed by atoms with Gasteiger partial charge in [-0.1, -0.05) is 13.3 Å². The van der Waals surface area contributed by atoms with Gasteiger partial charge in [-0.05, 0) is 38.3 Å². The molecule has 0 aliphatic carbocycles. The van der Waals surface area contributed by atoms with E-state index in [2.05, 4.69) is 21.8 Å². The van der Waals surface area contributed by atoms with Crippen molar-refractivity contribution in [2.75, 3.05) is 50.0 Å². The number of nitrogen functional groups attached to an aromatic ring is 1. The number of aliphatic hydroxyl groups excluding tert-OH is 1. The van der Waals surface area contributed by atoms with Gasteiger partial charge in [0.15, 0.2) is 0 Å². The molecule has 1 amide bonds. The molecule has 3 rings (SSSR count). The van der Waals surface area contributed by atoms with Crippen molar-refractivity contribution >= 4 is 17.5 Å². The number of unbranched alkanes of at least 4 members (excludes halogenated alkanes) is 1. The van der Waals surface area contributed by atoms with Gasteiger partial charge in [0.25, 0.3) is 0 Å². The monoisotopic (exact) mass is 363 g/mol. The number of ether oxygens (including phenoxy) is 1. The first kappa shape index (κ1) is 18.8. The van der Waals surface area contributed by atoms with E-state index in [9.17, 15) is 4.79 Å². The molecule has 1 aromatic rings. The number of carbonyl (C=O) groups is 1. The van der Waals surface area contributed by atoms with Crippen molar-refractivity contribution in [2.45, 2.75) is 39.0 Å². The second kappa shape index (κ2) is 8.64. The molecule has 0 aromatic carbocycles. The minimum absolute atomic E-state index is 0.0319. The molecule has 1 aromatic heterocycles. The molecule has 3 heterocycles. The molecule has 144 valence electrons. The summed E-state index contributed by atoms with van der Waals surface area (Å²) in [6.45, 7) is 6.12. The van der Waals surface area contributed by atoms with Crippen LogP contribution in [-0.2, 0) is 11.2 Å². The SMILES string of the molecule is CCCCOc1nc(N)c2c(n1)N(CC1CCN(CCO)CC1)C(=O)C2. The van der Waals surface area contributed by atoms with Crippen LogP contribution in [0, 0.1) is 5.92 Å². The first-order valence-electron chi connectivity index (χ1n) is 9.55. The summed E-state index contributed by atoms with van der Waals surface area (Å²) < 4.78 is 5.60. The van der Waals surface area contributed by atoms with Crippen LogP contribution in [0.5, 0.6) is 6.01 Å². The number of fused-ring (bicyclic) bond motifs is 1. The van der Waals surface area contributed by atoms with E-state index in [1.54, 1.807) is 4.90 Å². The molecule has 0 saturated carbocycles. The van der Waals surface area contributed by atoms with Crippen molar-refractivity contribution in [1.82, 2.24) is 14.9 Å². The van der Waals surface area contributed by atoms with E-state index in [-0.39, 0.29) is 24.9 Å². The van der Waals surface area contributed by atoms with Gasteiger partial charge >= 0.3 is 6.01 Å². The summed E-state index contributed by atoms with van der Waals surface area (Å²) in [4.78, 5) is 25.2. The summed E-state index contributed by atoms with van der Waals surface area (Å²) >= 11 is 0. The molecular formula is C18H29N5O3. The highest BCUT2D eigenvalue weighted by Gasteiger charge is 2.34. The third-order valence-electron chi connectivity index (χ3n) is 5.17. The van der Waals surface area contributed by atoms with Crippen LogP contribution < -0.4 is 15.4 Å². The lowest BCUT2D eigenvalue weighted by Gasteiger charge is -2.33. The van der Waals surface area contributed by atoms with E-state index in [1.807, 2.05) is 0 Å². The first-order chi connectivity index (χ1) is 12.6. The van der Waals surface area contributed by atoms with Crippen molar-refractivity contribution < 1.29 is 14.6 Å². The van der Waals surface area contributed by atoms with Crippen molar-refractivity contribution in [1.29, 1.82) is 0 Å². The Labute approximate surface area is 154 Å². The number of β-amino-alcohol motifs (C(OH)–C–C–N with tert-alkyl or cyclic N) is 1. The third-order valence-corrected chi connectivity index (χ3v) is 5.17. The minimum Gasteiger partial charge on any atom is -0.463 e. The molecule has 3 N–H and O–H groups in total. The van der Waals surface area contributed by atoms with Crippen molar-refractivity contribution in [3.05, 3.63) is 5.56 Å². The molecule has 2 aliphatic rings. The highest BCUT2D eigenvalue weighted by molar-refractivity contribution is 6.01. The number of aromatic nitrogens is 2. The number of nitrogens with zero attached hydrogens (tertiary/aromatic N) is 4. The number of carbonyl (C=O) groups excluding carboxylic acids is 1. The van der Waals surface area contributed by atoms with Crippen LogP contribution in [0.25, 0.3) is 0 Å². The lowest BCUT2D eigenvalue weighted by atomic mass is 9.96. The fourth-order valence-electron chi connectivity index (χ4n) is 3.58. The Kier molecular flexibility index (Phi) is 6.26. The molecule has 1 saturated heterocycles. The van der Waals surface area contributed by atoms with Gasteiger partial charge in [0, 0.05) is 18.7 Å². The molecule has 0 atom stereocenters. The van der Waals surface area contributed by atoms with Gasteiger partial charge in [0.2, 0.25) is 5.91 Å². The smallest absolute Gasteiger partial charge is 0.320 e. The molecule has 8 nitrogen and oxygen atoms in total. The van der Waals surface area contributed by atoms with Crippen LogP contribution in [0.4, 0.5) is 11.6 Å². The fraction of sp³-hybridized carbons (Fsp3) is 0.722. The zero-order valence-electron chi connectivity index (χ0n) is 15.5. The molecule has 26 heavy (non-hydrogen) atoms. The van der Waals surface area contributed by atoms with Crippen LogP contribution in [0.15, 0.2) is 0 Å². The lowest BCUT2D eigenvalue weighted by molar-refractivity contribution is -0.117. The second-order valence-corrected chi connectivity index (χ2v) is 7.09. The van der Waals surface area contributed by atoms with E-state index in [0.717, 1.165) is 50.9 Å². The standard InChI is InChI=1S/C18H29N5O3/c1-2-3-10-26-18-20-16(19)14-11-15(25)23(17(14)21-18)12-13-4-6-22(7-5-13)8-9-24/h13,24H,2-12H2,1H3,(H2,19,20,21). The van der Waals surface area contributed by atoms with Crippen molar-refractivity contribution in [3.63, 3.8) is 0 Å². The van der Waals surface area contributed by atoms with E-state index >= 15 is 0 Å². The van der Waals surface area contributed by atoms with Gasteiger partial charge in [-0.2, -0.15) is 9.97 Å². The van der Waals surface area contributed by atoms with E-state index in [4.69, 9.17) is 15.6 Å². The minimum atomic E-state index is 0.0319. The zero-order valence-corrected chi connectivity index (χ0v) is 15.5. The molecular weight excluding hydrogens is 334 g/mol. The predicted molar refractivity (Wildman–Crippen MR) is 99.2 cm³/mol. The highest BCUT2D eigenvalue weighted by atomic mass is 16.5. The molecule has 1 fully saturated rings. The van der Waals surface area contributed by atoms with Gasteiger partial charge in [-0.15, -0.1) is 0 Å². The van der Waals surface area contributed by atoms with E-state index < -0.39 is 0 Å². The molecule has 0 spiro atoms. The van der Waals surface area contributed by atoms with E-state index in [0.29, 0.717) is 30.7 Å². The van der Waals surface area contributed by atoms with Crippen molar-refractivity contribution in [3.8, 4) is 6.01 Å². The van der Waals surface area contributed by atoms with Gasteiger partial charge in [0.05, 0.1) is 19.6 Å². The van der Waals surface area contributed by atoms with E-state index in [1.165, 1.54) is 0 Å². The number of piperidine rings is 1. The number of likely N-dealkylation sites (tertiary alicyclic amines) is 1. The first-order valence-corrected chi connectivity index (χ1v) is 9.55. The molecule has 2 aliphatic heterocycles. The Balaban J connectivity index is 1.67. The van der Waals surface area contributed by atoms with Crippen LogP contribution >= 0.6 is 0 Å². The maximum atomic E-state index is 12.5. The number of rotatable bonds is 8. The molecule has 0 unspecified atom stereocenters.